The Hall–Kier alpha value is 0.0783. The maximum Gasteiger partial charge on any atom is 0.239 e. The molecule has 92 valence electrons. The minimum Gasteiger partial charge on any atom is -0.658 e. The van der Waals surface area contributed by atoms with Gasteiger partial charge in [-0.1, -0.05) is 12.8 Å². The molecule has 0 aromatic carbocycles. The van der Waals surface area contributed by atoms with Crippen molar-refractivity contribution < 1.29 is 25.9 Å². The van der Waals surface area contributed by atoms with Gasteiger partial charge >= 0.3 is 0 Å². The van der Waals surface area contributed by atoms with Gasteiger partial charge in [0.05, 0.1) is 6.04 Å². The van der Waals surface area contributed by atoms with Crippen molar-refractivity contribution in [3.8, 4) is 0 Å². The number of hydrogen-bond donors (Lipinski definition) is 1. The Morgan fingerprint density at radius 3 is 2.56 bits per heavy atom. The van der Waals surface area contributed by atoms with E-state index in [1.807, 2.05) is 14.1 Å². The molecule has 1 amide bonds. The van der Waals surface area contributed by atoms with E-state index in [2.05, 4.69) is 10.6 Å². The molecule has 2 atom stereocenters. The van der Waals surface area contributed by atoms with Crippen LogP contribution in [0.5, 0.6) is 0 Å². The minimum absolute atomic E-state index is 0. The van der Waals surface area contributed by atoms with Crippen molar-refractivity contribution in [1.82, 2.24) is 10.2 Å². The molecule has 2 rings (SSSR count). The fraction of sp³-hybridized carbons (Fsp3) is 0.909. The zero-order chi connectivity index (χ0) is 10.8. The van der Waals surface area contributed by atoms with Crippen molar-refractivity contribution in [3.05, 3.63) is 5.32 Å². The molecule has 0 aromatic rings. The van der Waals surface area contributed by atoms with E-state index in [-0.39, 0.29) is 33.0 Å². The third kappa shape index (κ3) is 3.83. The number of carbonyl (C=O) groups excluding carboxylic acids is 1. The largest absolute Gasteiger partial charge is 0.658 e. The van der Waals surface area contributed by atoms with Gasteiger partial charge in [0, 0.05) is 35.2 Å². The molecule has 4 nitrogen and oxygen atoms in total. The molecule has 0 radical (unpaired) electrons. The van der Waals surface area contributed by atoms with Gasteiger partial charge in [0.1, 0.15) is 0 Å². The molecule has 5 heteroatoms. The summed E-state index contributed by atoms with van der Waals surface area (Å²) in [6.07, 6.45) is 4.59. The summed E-state index contributed by atoms with van der Waals surface area (Å²) in [5, 5.41) is 7.94. The summed E-state index contributed by atoms with van der Waals surface area (Å²) in [6.45, 7) is 0.891. The van der Waals surface area contributed by atoms with E-state index < -0.39 is 0 Å². The van der Waals surface area contributed by atoms with E-state index in [4.69, 9.17) is 0 Å². The van der Waals surface area contributed by atoms with Crippen molar-refractivity contribution in [2.75, 3.05) is 20.6 Å². The average molecular weight is 394 g/mol. The number of amides is 1. The van der Waals surface area contributed by atoms with Gasteiger partial charge in [0.15, 0.2) is 0 Å². The second-order valence-electron chi connectivity index (χ2n) is 4.82. The summed E-state index contributed by atoms with van der Waals surface area (Å²) in [4.78, 5) is 13.3. The van der Waals surface area contributed by atoms with Gasteiger partial charge in [-0.2, -0.15) is 0 Å². The van der Waals surface area contributed by atoms with Gasteiger partial charge in [0.2, 0.25) is 5.91 Å². The summed E-state index contributed by atoms with van der Waals surface area (Å²) in [5.41, 5.74) is 0. The standard InChI is InChI=1S/C11H20N3O.W/c1-14(2)11(15)10-6-5-9(13-10)7-12-8-3-4-8;/h8-10,13H,3-7H2,1-2H3;/q-1;. The van der Waals surface area contributed by atoms with Crippen LogP contribution in [0, 0.1) is 0 Å². The second kappa shape index (κ2) is 6.13. The zero-order valence-corrected chi connectivity index (χ0v) is 12.9. The molecule has 1 N–H and O–H groups in total. The molecule has 0 aromatic heterocycles. The van der Waals surface area contributed by atoms with Gasteiger partial charge < -0.3 is 15.5 Å². The fourth-order valence-electron chi connectivity index (χ4n) is 2.00. The molecule has 1 heterocycles. The molecular formula is C11H20N3OW-. The summed E-state index contributed by atoms with van der Waals surface area (Å²) in [7, 11) is 3.62. The van der Waals surface area contributed by atoms with E-state index in [0.29, 0.717) is 12.1 Å². The minimum atomic E-state index is 0. The normalized spacial score (nSPS) is 28.6. The number of hydrogen-bond acceptors (Lipinski definition) is 2. The maximum absolute atomic E-state index is 11.7. The van der Waals surface area contributed by atoms with Crippen LogP contribution in [0.2, 0.25) is 0 Å². The van der Waals surface area contributed by atoms with Crippen LogP contribution in [-0.2, 0) is 25.9 Å². The predicted molar refractivity (Wildman–Crippen MR) is 59.9 cm³/mol. The first-order chi connectivity index (χ1) is 7.16. The van der Waals surface area contributed by atoms with E-state index in [1.54, 1.807) is 4.90 Å². The maximum atomic E-state index is 11.7. The number of likely N-dealkylation sites (N-methyl/N-ethyl adjacent to an activating group) is 1. The molecule has 0 spiro atoms. The van der Waals surface area contributed by atoms with Gasteiger partial charge in [-0.15, -0.1) is 12.6 Å². The average Bonchev–Trinajstić information content (AvgIpc) is 2.92. The van der Waals surface area contributed by atoms with Gasteiger partial charge in [-0.25, -0.2) is 0 Å². The van der Waals surface area contributed by atoms with E-state index in [9.17, 15) is 4.79 Å². The SMILES string of the molecule is CN(C)C(=O)C1CCC(C[N-]C2CC2)N1.[W]. The molecule has 1 saturated heterocycles. The first-order valence-corrected chi connectivity index (χ1v) is 5.80. The summed E-state index contributed by atoms with van der Waals surface area (Å²) in [6, 6.07) is 1.09. The van der Waals surface area contributed by atoms with E-state index in [1.165, 1.54) is 12.8 Å². The van der Waals surface area contributed by atoms with Crippen molar-refractivity contribution in [2.24, 2.45) is 0 Å². The molecule has 2 aliphatic rings. The molecular weight excluding hydrogens is 374 g/mol. The number of nitrogens with zero attached hydrogens (tertiary/aromatic N) is 2. The molecule has 1 saturated carbocycles. The smallest absolute Gasteiger partial charge is 0.239 e. The molecule has 0 bridgehead atoms. The van der Waals surface area contributed by atoms with Crippen LogP contribution in [0.4, 0.5) is 0 Å². The summed E-state index contributed by atoms with van der Waals surface area (Å²) in [5.74, 6) is 0.198. The Morgan fingerprint density at radius 1 is 1.31 bits per heavy atom. The summed E-state index contributed by atoms with van der Waals surface area (Å²) < 4.78 is 0. The molecule has 16 heavy (non-hydrogen) atoms. The Bertz CT molecular complexity index is 243. The molecule has 1 aliphatic heterocycles. The van der Waals surface area contributed by atoms with Crippen LogP contribution in [0.1, 0.15) is 25.7 Å². The third-order valence-electron chi connectivity index (χ3n) is 3.11. The van der Waals surface area contributed by atoms with Crippen LogP contribution in [-0.4, -0.2) is 49.6 Å². The first-order valence-electron chi connectivity index (χ1n) is 5.80. The zero-order valence-electron chi connectivity index (χ0n) is 9.98. The van der Waals surface area contributed by atoms with Crippen LogP contribution >= 0.6 is 0 Å². The molecule has 1 aliphatic carbocycles. The Labute approximate surface area is 112 Å². The quantitative estimate of drug-likeness (QED) is 0.765. The van der Waals surface area contributed by atoms with Crippen molar-refractivity contribution in [1.29, 1.82) is 0 Å². The van der Waals surface area contributed by atoms with Gasteiger partial charge in [0.25, 0.3) is 0 Å². The number of rotatable bonds is 4. The third-order valence-corrected chi connectivity index (χ3v) is 3.11. The first kappa shape index (κ1) is 14.1. The summed E-state index contributed by atoms with van der Waals surface area (Å²) >= 11 is 0. The van der Waals surface area contributed by atoms with Crippen LogP contribution < -0.4 is 5.32 Å². The Balaban J connectivity index is 0.00000128. The Morgan fingerprint density at radius 2 is 2.00 bits per heavy atom. The second-order valence-corrected chi connectivity index (χ2v) is 4.82. The predicted octanol–water partition coefficient (Wildman–Crippen LogP) is 0.729. The van der Waals surface area contributed by atoms with E-state index in [0.717, 1.165) is 19.4 Å². The molecule has 2 fully saturated rings. The number of carbonyl (C=O) groups is 1. The van der Waals surface area contributed by atoms with Crippen molar-refractivity contribution >= 4 is 5.91 Å². The molecule has 2 unspecified atom stereocenters. The Kier molecular flexibility index (Phi) is 5.42. The van der Waals surface area contributed by atoms with Crippen LogP contribution in [0.3, 0.4) is 0 Å². The van der Waals surface area contributed by atoms with Gasteiger partial charge in [-0.05, 0) is 18.9 Å². The number of nitrogens with one attached hydrogen (secondary N) is 1. The van der Waals surface area contributed by atoms with Crippen molar-refractivity contribution in [3.63, 3.8) is 0 Å². The topological polar surface area (TPSA) is 46.4 Å². The van der Waals surface area contributed by atoms with Gasteiger partial charge in [-0.3, -0.25) is 4.79 Å². The van der Waals surface area contributed by atoms with Crippen LogP contribution in [0.15, 0.2) is 0 Å². The fourth-order valence-corrected chi connectivity index (χ4v) is 2.00. The van der Waals surface area contributed by atoms with E-state index >= 15 is 0 Å². The monoisotopic (exact) mass is 394 g/mol. The van der Waals surface area contributed by atoms with Crippen LogP contribution in [0.25, 0.3) is 5.32 Å². The van der Waals surface area contributed by atoms with Crippen molar-refractivity contribution in [2.45, 2.75) is 43.8 Å².